The minimum atomic E-state index is -1.03. The number of H-pyrrole nitrogens is 1. The number of amides is 1. The summed E-state index contributed by atoms with van der Waals surface area (Å²) >= 11 is 6.19. The molecule has 1 aliphatic heterocycles. The van der Waals surface area contributed by atoms with Crippen LogP contribution in [0.3, 0.4) is 0 Å². The number of fused-ring (bicyclic) bond motifs is 1. The van der Waals surface area contributed by atoms with Crippen LogP contribution in [0.25, 0.3) is 6.08 Å². The molecule has 1 aromatic heterocycles. The van der Waals surface area contributed by atoms with Gasteiger partial charge < -0.3 is 24.2 Å². The van der Waals surface area contributed by atoms with Crippen molar-refractivity contribution in [2.75, 3.05) is 27.5 Å². The summed E-state index contributed by atoms with van der Waals surface area (Å²) in [7, 11) is 3.07. The van der Waals surface area contributed by atoms with Crippen molar-refractivity contribution < 1.29 is 28.9 Å². The highest BCUT2D eigenvalue weighted by molar-refractivity contribution is 6.33. The molecule has 1 amide bonds. The lowest BCUT2D eigenvalue weighted by Gasteiger charge is -2.20. The number of carbonyl (C=O) groups excluding carboxylic acids is 2. The molecule has 0 unspecified atom stereocenters. The zero-order chi connectivity index (χ0) is 29.0. The lowest BCUT2D eigenvalue weighted by atomic mass is 10.00. The highest BCUT2D eigenvalue weighted by Gasteiger charge is 2.26. The number of carbonyl (C=O) groups is 2. The molecule has 11 nitrogen and oxygen atoms in total. The summed E-state index contributed by atoms with van der Waals surface area (Å²) in [6.07, 6.45) is 4.15. The summed E-state index contributed by atoms with van der Waals surface area (Å²) in [5.41, 5.74) is -1.06. The van der Waals surface area contributed by atoms with Crippen molar-refractivity contribution in [2.24, 2.45) is 0 Å². The average molecular weight is 568 g/mol. The van der Waals surface area contributed by atoms with Gasteiger partial charge in [0.25, 0.3) is 11.5 Å². The third-order valence-electron chi connectivity index (χ3n) is 6.25. The Bertz CT molecular complexity index is 1640. The maximum Gasteiger partial charge on any atom is 0.331 e. The van der Waals surface area contributed by atoms with E-state index in [1.807, 2.05) is 4.98 Å². The molecule has 40 heavy (non-hydrogen) atoms. The second-order valence-electron chi connectivity index (χ2n) is 8.73. The molecule has 2 aromatic carbocycles. The van der Waals surface area contributed by atoms with Crippen molar-refractivity contribution in [1.29, 1.82) is 0 Å². The van der Waals surface area contributed by atoms with Gasteiger partial charge in [-0.2, -0.15) is 0 Å². The van der Waals surface area contributed by atoms with Crippen LogP contribution in [-0.2, 0) is 13.0 Å². The number of nitrogens with zero attached hydrogens (tertiary/aromatic N) is 2. The molecule has 1 aliphatic rings. The highest BCUT2D eigenvalue weighted by Crippen LogP contribution is 2.45. The van der Waals surface area contributed by atoms with Crippen LogP contribution in [0.15, 0.2) is 58.7 Å². The number of ketones is 1. The molecule has 2 heterocycles. The van der Waals surface area contributed by atoms with Gasteiger partial charge in [-0.15, -0.1) is 6.58 Å². The molecule has 0 spiro atoms. The quantitative estimate of drug-likeness (QED) is 0.216. The van der Waals surface area contributed by atoms with Crippen molar-refractivity contribution in [3.8, 4) is 23.1 Å². The van der Waals surface area contributed by atoms with Crippen LogP contribution in [0.1, 0.15) is 31.8 Å². The number of halogens is 1. The molecule has 0 aliphatic carbocycles. The summed E-state index contributed by atoms with van der Waals surface area (Å²) in [6.45, 7) is 3.62. The van der Waals surface area contributed by atoms with Gasteiger partial charge in [0.05, 0.1) is 17.7 Å². The predicted molar refractivity (Wildman–Crippen MR) is 148 cm³/mol. The Morgan fingerprint density at radius 2 is 2.02 bits per heavy atom. The molecule has 0 fully saturated rings. The lowest BCUT2D eigenvalue weighted by molar-refractivity contribution is 0.0796. The Hall–Kier alpha value is -4.77. The summed E-state index contributed by atoms with van der Waals surface area (Å²) < 4.78 is 17.5. The lowest BCUT2D eigenvalue weighted by Crippen LogP contribution is -2.33. The van der Waals surface area contributed by atoms with Crippen molar-refractivity contribution >= 4 is 29.4 Å². The van der Waals surface area contributed by atoms with E-state index in [0.717, 1.165) is 10.6 Å². The van der Waals surface area contributed by atoms with Gasteiger partial charge in [-0.05, 0) is 42.3 Å². The monoisotopic (exact) mass is 567 g/mol. The van der Waals surface area contributed by atoms with E-state index >= 15 is 0 Å². The number of methoxy groups -OCH3 is 1. The zero-order valence-electron chi connectivity index (χ0n) is 21.7. The van der Waals surface area contributed by atoms with Crippen LogP contribution in [0.5, 0.6) is 23.1 Å². The van der Waals surface area contributed by atoms with E-state index in [2.05, 4.69) is 6.58 Å². The van der Waals surface area contributed by atoms with E-state index in [1.54, 1.807) is 37.4 Å². The zero-order valence-corrected chi connectivity index (χ0v) is 22.5. The molecule has 0 bridgehead atoms. The first-order chi connectivity index (χ1) is 19.2. The van der Waals surface area contributed by atoms with Gasteiger partial charge in [-0.1, -0.05) is 29.8 Å². The summed E-state index contributed by atoms with van der Waals surface area (Å²) in [5.74, 6) is -0.854. The van der Waals surface area contributed by atoms with Crippen LogP contribution >= 0.6 is 11.6 Å². The van der Waals surface area contributed by atoms with Gasteiger partial charge >= 0.3 is 5.69 Å². The van der Waals surface area contributed by atoms with Crippen LogP contribution in [-0.4, -0.2) is 58.7 Å². The number of rotatable bonds is 10. The van der Waals surface area contributed by atoms with Crippen LogP contribution in [0.4, 0.5) is 0 Å². The van der Waals surface area contributed by atoms with Gasteiger partial charge in [0.1, 0.15) is 5.56 Å². The van der Waals surface area contributed by atoms with Gasteiger partial charge in [0, 0.05) is 25.7 Å². The first kappa shape index (κ1) is 28.2. The smallest absolute Gasteiger partial charge is 0.331 e. The Morgan fingerprint density at radius 3 is 2.73 bits per heavy atom. The van der Waals surface area contributed by atoms with Gasteiger partial charge in [-0.25, -0.2) is 4.79 Å². The minimum Gasteiger partial charge on any atom is -0.494 e. The Morgan fingerprint density at radius 1 is 1.27 bits per heavy atom. The molecule has 0 saturated heterocycles. The third-order valence-corrected chi connectivity index (χ3v) is 6.58. The number of hydrogen-bond acceptors (Lipinski definition) is 8. The number of likely N-dealkylation sites (N-methyl/N-ethyl adjacent to an activating group) is 1. The van der Waals surface area contributed by atoms with Crippen molar-refractivity contribution in [3.63, 3.8) is 0 Å². The number of aromatic hydroxyl groups is 1. The topological polar surface area (TPSA) is 140 Å². The minimum absolute atomic E-state index is 0.0315. The number of ether oxygens (including phenoxy) is 3. The number of allylic oxidation sites excluding steroid dienone is 2. The number of aromatic nitrogens is 2. The van der Waals surface area contributed by atoms with E-state index in [-0.39, 0.29) is 31.5 Å². The molecule has 2 N–H and O–H groups in total. The van der Waals surface area contributed by atoms with Crippen molar-refractivity contribution in [3.05, 3.63) is 97.2 Å². The van der Waals surface area contributed by atoms with Crippen LogP contribution < -0.4 is 25.5 Å². The van der Waals surface area contributed by atoms with E-state index in [1.165, 1.54) is 24.2 Å². The van der Waals surface area contributed by atoms with Crippen molar-refractivity contribution in [1.82, 2.24) is 14.5 Å². The van der Waals surface area contributed by atoms with E-state index < -0.39 is 28.5 Å². The summed E-state index contributed by atoms with van der Waals surface area (Å²) in [4.78, 5) is 53.9. The summed E-state index contributed by atoms with van der Waals surface area (Å²) in [6, 6.07) is 8.45. The standard InChI is InChI=1S/C28H26ClN3O8/c1-4-12-32-27(36)22(25(34)30-28(32)37)20(33)10-9-17-16(14-21-24(23(17)38-3)40-15-39-21)11-13-31(2)26(35)18-7-5-6-8-19(18)29/h4-10,14,36H,1,11-13,15H2,2-3H3,(H,30,34,37)/b10-9+. The average Bonchev–Trinajstić information content (AvgIpc) is 3.40. The largest absolute Gasteiger partial charge is 0.494 e. The SMILES string of the molecule is C=CCn1c(O)c(C(=O)/C=C/c2c(CCN(C)C(=O)c3ccccc3Cl)cc3c(c2OC)OCO3)c(=O)[nH]c1=O. The summed E-state index contributed by atoms with van der Waals surface area (Å²) in [5, 5.41) is 10.8. The van der Waals surface area contributed by atoms with E-state index in [0.29, 0.717) is 39.6 Å². The maximum atomic E-state index is 13.0. The normalized spacial score (nSPS) is 12.0. The third kappa shape index (κ3) is 5.50. The molecule has 0 saturated carbocycles. The Kier molecular flexibility index (Phi) is 8.44. The fraction of sp³-hybridized carbons (Fsp3) is 0.214. The molecule has 3 aromatic rings. The van der Waals surface area contributed by atoms with Crippen LogP contribution in [0.2, 0.25) is 5.02 Å². The molecular weight excluding hydrogens is 542 g/mol. The fourth-order valence-electron chi connectivity index (χ4n) is 4.22. The van der Waals surface area contributed by atoms with Gasteiger partial charge in [0.2, 0.25) is 18.4 Å². The predicted octanol–water partition coefficient (Wildman–Crippen LogP) is 3.03. The first-order valence-electron chi connectivity index (χ1n) is 12.1. The molecule has 0 atom stereocenters. The van der Waals surface area contributed by atoms with Crippen molar-refractivity contribution in [2.45, 2.75) is 13.0 Å². The number of benzene rings is 2. The second-order valence-corrected chi connectivity index (χ2v) is 9.13. The fourth-order valence-corrected chi connectivity index (χ4v) is 4.44. The molecule has 4 rings (SSSR count). The number of hydrogen-bond donors (Lipinski definition) is 2. The second kappa shape index (κ2) is 12.0. The first-order valence-corrected chi connectivity index (χ1v) is 12.4. The highest BCUT2D eigenvalue weighted by atomic mass is 35.5. The molecule has 0 radical (unpaired) electrons. The van der Waals surface area contributed by atoms with Gasteiger partial charge in [0.15, 0.2) is 17.3 Å². The Balaban J connectivity index is 1.68. The number of aromatic amines is 1. The maximum absolute atomic E-state index is 13.0. The van der Waals surface area contributed by atoms with Gasteiger partial charge in [-0.3, -0.25) is 23.9 Å². The number of nitrogens with one attached hydrogen (secondary N) is 1. The molecule has 12 heteroatoms. The van der Waals surface area contributed by atoms with E-state index in [9.17, 15) is 24.3 Å². The Labute approximate surface area is 233 Å². The molecule has 208 valence electrons. The van der Waals surface area contributed by atoms with Crippen LogP contribution in [0, 0.1) is 0 Å². The molecular formula is C28H26ClN3O8. The van der Waals surface area contributed by atoms with E-state index in [4.69, 9.17) is 25.8 Å².